The zero-order chi connectivity index (χ0) is 18.8. The van der Waals surface area contributed by atoms with Gasteiger partial charge in [-0.3, -0.25) is 9.59 Å². The van der Waals surface area contributed by atoms with Gasteiger partial charge in [0, 0.05) is 24.3 Å². The molecule has 3 heterocycles. The van der Waals surface area contributed by atoms with E-state index in [4.69, 9.17) is 0 Å². The Labute approximate surface area is 161 Å². The van der Waals surface area contributed by atoms with Gasteiger partial charge in [-0.15, -0.1) is 11.3 Å². The molecule has 1 aromatic carbocycles. The average Bonchev–Trinajstić information content (AvgIpc) is 3.35. The van der Waals surface area contributed by atoms with E-state index in [1.165, 1.54) is 22.0 Å². The summed E-state index contributed by atoms with van der Waals surface area (Å²) < 4.78 is 13.1. The van der Waals surface area contributed by atoms with Crippen molar-refractivity contribution in [3.63, 3.8) is 0 Å². The molecule has 1 atom stereocenters. The highest BCUT2D eigenvalue weighted by Gasteiger charge is 2.35. The summed E-state index contributed by atoms with van der Waals surface area (Å²) >= 11 is 1.66. The highest BCUT2D eigenvalue weighted by Crippen LogP contribution is 2.35. The van der Waals surface area contributed by atoms with E-state index < -0.39 is 0 Å². The molecule has 0 spiro atoms. The van der Waals surface area contributed by atoms with Crippen molar-refractivity contribution in [1.82, 2.24) is 9.91 Å². The highest BCUT2D eigenvalue weighted by atomic mass is 32.1. The van der Waals surface area contributed by atoms with Crippen LogP contribution in [0.3, 0.4) is 0 Å². The number of halogens is 1. The summed E-state index contributed by atoms with van der Waals surface area (Å²) in [5.74, 6) is -0.522. The second-order valence-corrected chi connectivity index (χ2v) is 7.78. The maximum atomic E-state index is 13.1. The van der Waals surface area contributed by atoms with E-state index in [1.807, 2.05) is 16.3 Å². The maximum absolute atomic E-state index is 13.1. The van der Waals surface area contributed by atoms with E-state index >= 15 is 0 Å². The Bertz CT molecular complexity index is 864. The number of hydrogen-bond acceptors (Lipinski definition) is 4. The molecule has 1 unspecified atom stereocenters. The molecule has 0 bridgehead atoms. The van der Waals surface area contributed by atoms with Gasteiger partial charge in [0.15, 0.2) is 0 Å². The number of benzene rings is 1. The summed E-state index contributed by atoms with van der Waals surface area (Å²) in [5, 5.41) is 7.72. The minimum absolute atomic E-state index is 0.0810. The summed E-state index contributed by atoms with van der Waals surface area (Å²) in [6.45, 7) is 0.955. The van der Waals surface area contributed by atoms with E-state index in [0.717, 1.165) is 18.4 Å². The van der Waals surface area contributed by atoms with Crippen molar-refractivity contribution in [1.29, 1.82) is 0 Å². The molecule has 1 aromatic heterocycles. The van der Waals surface area contributed by atoms with Gasteiger partial charge < -0.3 is 4.90 Å². The summed E-state index contributed by atoms with van der Waals surface area (Å²) in [7, 11) is 0. The molecule has 1 fully saturated rings. The number of carbonyl (C=O) groups is 2. The van der Waals surface area contributed by atoms with Crippen LogP contribution >= 0.6 is 11.3 Å². The molecular weight excluding hydrogens is 365 g/mol. The smallest absolute Gasteiger partial charge is 0.270 e. The lowest BCUT2D eigenvalue weighted by atomic mass is 10.1. The molecule has 0 N–H and O–H groups in total. The molecule has 2 aliphatic heterocycles. The van der Waals surface area contributed by atoms with Crippen LogP contribution in [0.4, 0.5) is 4.39 Å². The molecule has 0 saturated carbocycles. The molecule has 140 valence electrons. The first-order valence-electron chi connectivity index (χ1n) is 9.08. The van der Waals surface area contributed by atoms with Gasteiger partial charge in [-0.2, -0.15) is 5.10 Å². The quantitative estimate of drug-likeness (QED) is 0.805. The number of likely N-dealkylation sites (tertiary alicyclic amines) is 1. The number of hydrogen-bond donors (Lipinski definition) is 0. The van der Waals surface area contributed by atoms with Gasteiger partial charge in [-0.25, -0.2) is 9.40 Å². The first-order chi connectivity index (χ1) is 13.1. The van der Waals surface area contributed by atoms with Gasteiger partial charge in [-0.05, 0) is 42.0 Å². The summed E-state index contributed by atoms with van der Waals surface area (Å²) in [6, 6.07) is 10.1. The first kappa shape index (κ1) is 17.9. The van der Waals surface area contributed by atoms with Gasteiger partial charge in [0.2, 0.25) is 5.91 Å². The molecular formula is C20H20FN3O2S. The Morgan fingerprint density at radius 3 is 2.78 bits per heavy atom. The fourth-order valence-electron chi connectivity index (χ4n) is 3.59. The van der Waals surface area contributed by atoms with E-state index in [0.29, 0.717) is 18.7 Å². The van der Waals surface area contributed by atoms with E-state index in [-0.39, 0.29) is 36.6 Å². The molecule has 1 saturated heterocycles. The zero-order valence-electron chi connectivity index (χ0n) is 14.8. The van der Waals surface area contributed by atoms with Crippen molar-refractivity contribution in [3.05, 3.63) is 58.0 Å². The Morgan fingerprint density at radius 1 is 1.22 bits per heavy atom. The van der Waals surface area contributed by atoms with Gasteiger partial charge in [0.05, 0.1) is 12.6 Å². The number of nitrogens with zero attached hydrogens (tertiary/aromatic N) is 3. The number of rotatable bonds is 4. The van der Waals surface area contributed by atoms with Gasteiger partial charge in [0.1, 0.15) is 11.5 Å². The molecule has 7 heteroatoms. The number of amides is 2. The number of thiophene rings is 1. The van der Waals surface area contributed by atoms with Crippen LogP contribution in [0.5, 0.6) is 0 Å². The van der Waals surface area contributed by atoms with Crippen LogP contribution in [0.25, 0.3) is 0 Å². The fourth-order valence-corrected chi connectivity index (χ4v) is 4.47. The lowest BCUT2D eigenvalue weighted by Gasteiger charge is -2.28. The Kier molecular flexibility index (Phi) is 5.03. The number of hydrazone groups is 1. The molecule has 0 radical (unpaired) electrons. The van der Waals surface area contributed by atoms with Crippen LogP contribution in [0.1, 0.15) is 42.2 Å². The minimum Gasteiger partial charge on any atom is -0.330 e. The Morgan fingerprint density at radius 2 is 2.04 bits per heavy atom. The number of carbonyl (C=O) groups excluding carboxylic acids is 2. The van der Waals surface area contributed by atoms with Crippen molar-refractivity contribution >= 4 is 28.9 Å². The molecule has 5 nitrogen and oxygen atoms in total. The van der Waals surface area contributed by atoms with Gasteiger partial charge in [-0.1, -0.05) is 18.2 Å². The molecule has 0 aliphatic carbocycles. The van der Waals surface area contributed by atoms with Crippen molar-refractivity contribution in [2.75, 3.05) is 6.54 Å². The lowest BCUT2D eigenvalue weighted by molar-refractivity contribution is -0.132. The SMILES string of the molecule is O=C1CCC(C(=O)N2CCCC2c2cccs2)=NN1Cc1ccc(F)cc1. The van der Waals surface area contributed by atoms with Crippen LogP contribution in [-0.4, -0.2) is 34.0 Å². The molecule has 2 aliphatic rings. The van der Waals surface area contributed by atoms with Crippen LogP contribution in [-0.2, 0) is 16.1 Å². The highest BCUT2D eigenvalue weighted by molar-refractivity contribution is 7.10. The first-order valence-corrected chi connectivity index (χ1v) is 9.96. The monoisotopic (exact) mass is 385 g/mol. The van der Waals surface area contributed by atoms with Crippen LogP contribution in [0.15, 0.2) is 46.9 Å². The Hall–Kier alpha value is -2.54. The average molecular weight is 385 g/mol. The third-order valence-corrected chi connectivity index (χ3v) is 5.96. The van der Waals surface area contributed by atoms with Crippen molar-refractivity contribution in [2.24, 2.45) is 5.10 Å². The topological polar surface area (TPSA) is 53.0 Å². The molecule has 2 aromatic rings. The van der Waals surface area contributed by atoms with Gasteiger partial charge >= 0.3 is 0 Å². The van der Waals surface area contributed by atoms with Crippen molar-refractivity contribution < 1.29 is 14.0 Å². The van der Waals surface area contributed by atoms with E-state index in [2.05, 4.69) is 11.2 Å². The standard InChI is InChI=1S/C20H20FN3O2S/c21-15-7-5-14(6-8-15)13-24-19(25)10-9-16(22-24)20(26)23-11-1-3-17(23)18-4-2-12-27-18/h2,4-8,12,17H,1,3,9-11,13H2. The molecule has 4 rings (SSSR count). The largest absolute Gasteiger partial charge is 0.330 e. The second kappa shape index (κ2) is 7.60. The third-order valence-electron chi connectivity index (χ3n) is 4.98. The van der Waals surface area contributed by atoms with Crippen LogP contribution < -0.4 is 0 Å². The van der Waals surface area contributed by atoms with E-state index in [1.54, 1.807) is 23.5 Å². The van der Waals surface area contributed by atoms with Crippen molar-refractivity contribution in [3.8, 4) is 0 Å². The molecule has 27 heavy (non-hydrogen) atoms. The third kappa shape index (κ3) is 3.78. The van der Waals surface area contributed by atoms with Crippen LogP contribution in [0, 0.1) is 5.82 Å². The van der Waals surface area contributed by atoms with Gasteiger partial charge in [0.25, 0.3) is 5.91 Å². The summed E-state index contributed by atoms with van der Waals surface area (Å²) in [6.07, 6.45) is 2.56. The lowest BCUT2D eigenvalue weighted by Crippen LogP contribution is -2.41. The predicted molar refractivity (Wildman–Crippen MR) is 102 cm³/mol. The van der Waals surface area contributed by atoms with Crippen LogP contribution in [0.2, 0.25) is 0 Å². The zero-order valence-corrected chi connectivity index (χ0v) is 15.6. The maximum Gasteiger partial charge on any atom is 0.270 e. The normalized spacial score (nSPS) is 20.1. The predicted octanol–water partition coefficient (Wildman–Crippen LogP) is 3.73. The summed E-state index contributed by atoms with van der Waals surface area (Å²) in [5.41, 5.74) is 1.21. The minimum atomic E-state index is -0.322. The summed E-state index contributed by atoms with van der Waals surface area (Å²) in [4.78, 5) is 28.4. The van der Waals surface area contributed by atoms with Crippen molar-refractivity contribution in [2.45, 2.75) is 38.3 Å². The second-order valence-electron chi connectivity index (χ2n) is 6.80. The Balaban J connectivity index is 1.52. The molecule has 2 amide bonds. The van der Waals surface area contributed by atoms with E-state index in [9.17, 15) is 14.0 Å². The fraction of sp³-hybridized carbons (Fsp3) is 0.350.